The summed E-state index contributed by atoms with van der Waals surface area (Å²) in [6, 6.07) is 11.2. The highest BCUT2D eigenvalue weighted by Crippen LogP contribution is 2.29. The summed E-state index contributed by atoms with van der Waals surface area (Å²) in [7, 11) is 0. The fourth-order valence-corrected chi connectivity index (χ4v) is 3.64. The van der Waals surface area contributed by atoms with E-state index in [-0.39, 0.29) is 17.4 Å². The summed E-state index contributed by atoms with van der Waals surface area (Å²) in [5, 5.41) is 15.6. The Kier molecular flexibility index (Phi) is 8.08. The van der Waals surface area contributed by atoms with E-state index in [1.54, 1.807) is 30.3 Å². The maximum absolute atomic E-state index is 12.7. The smallest absolute Gasteiger partial charge is 0.335 e. The van der Waals surface area contributed by atoms with Gasteiger partial charge >= 0.3 is 5.97 Å². The summed E-state index contributed by atoms with van der Waals surface area (Å²) in [5.41, 5.74) is 1.68. The van der Waals surface area contributed by atoms with Gasteiger partial charge in [-0.1, -0.05) is 18.5 Å². The molecule has 2 amide bonds. The van der Waals surface area contributed by atoms with Gasteiger partial charge in [-0.2, -0.15) is 0 Å². The molecule has 3 rings (SSSR count). The number of anilines is 2. The van der Waals surface area contributed by atoms with Crippen molar-refractivity contribution in [3.05, 3.63) is 58.6 Å². The average molecular weight is 459 g/mol. The van der Waals surface area contributed by atoms with Gasteiger partial charge in [-0.25, -0.2) is 4.79 Å². The first-order chi connectivity index (χ1) is 15.4. The van der Waals surface area contributed by atoms with Crippen molar-refractivity contribution in [2.75, 3.05) is 49.5 Å². The minimum absolute atomic E-state index is 0.0158. The van der Waals surface area contributed by atoms with Crippen LogP contribution >= 0.6 is 11.6 Å². The van der Waals surface area contributed by atoms with E-state index in [1.165, 1.54) is 12.1 Å². The SMILES string of the molecule is CCCNC(=O)CN1CCN(c2ccc(C(=O)O)cc2NC(=O)c2ccc(Cl)cc2)CC1. The molecule has 1 fully saturated rings. The molecule has 0 unspecified atom stereocenters. The number of carboxylic acid groups (broad SMARTS) is 1. The number of piperazine rings is 1. The van der Waals surface area contributed by atoms with Crippen LogP contribution in [0.5, 0.6) is 0 Å². The Morgan fingerprint density at radius 1 is 1.00 bits per heavy atom. The number of hydrogen-bond acceptors (Lipinski definition) is 5. The number of carbonyl (C=O) groups is 3. The van der Waals surface area contributed by atoms with Crippen LogP contribution < -0.4 is 15.5 Å². The van der Waals surface area contributed by atoms with E-state index in [0.29, 0.717) is 55.5 Å². The first-order valence-corrected chi connectivity index (χ1v) is 10.9. The number of hydrogen-bond donors (Lipinski definition) is 3. The number of carbonyl (C=O) groups excluding carboxylic acids is 2. The molecule has 2 aromatic carbocycles. The van der Waals surface area contributed by atoms with Crippen molar-refractivity contribution in [2.24, 2.45) is 0 Å². The number of halogens is 1. The Morgan fingerprint density at radius 3 is 2.28 bits per heavy atom. The van der Waals surface area contributed by atoms with E-state index in [2.05, 4.69) is 20.4 Å². The van der Waals surface area contributed by atoms with Gasteiger partial charge in [0.15, 0.2) is 0 Å². The van der Waals surface area contributed by atoms with Crippen LogP contribution in [-0.4, -0.2) is 67.1 Å². The maximum atomic E-state index is 12.7. The summed E-state index contributed by atoms with van der Waals surface area (Å²) in [6.07, 6.45) is 0.899. The van der Waals surface area contributed by atoms with Gasteiger partial charge < -0.3 is 20.6 Å². The van der Waals surface area contributed by atoms with Crippen molar-refractivity contribution < 1.29 is 19.5 Å². The molecule has 8 nitrogen and oxygen atoms in total. The fraction of sp³-hybridized carbons (Fsp3) is 0.348. The highest BCUT2D eigenvalue weighted by Gasteiger charge is 2.22. The van der Waals surface area contributed by atoms with Crippen LogP contribution in [0.25, 0.3) is 0 Å². The van der Waals surface area contributed by atoms with E-state index < -0.39 is 5.97 Å². The molecule has 0 radical (unpaired) electrons. The molecule has 0 atom stereocenters. The van der Waals surface area contributed by atoms with Crippen LogP contribution in [0.3, 0.4) is 0 Å². The third-order valence-electron chi connectivity index (χ3n) is 5.25. The Labute approximate surface area is 192 Å². The van der Waals surface area contributed by atoms with E-state index in [9.17, 15) is 19.5 Å². The monoisotopic (exact) mass is 458 g/mol. The molecule has 0 saturated carbocycles. The minimum Gasteiger partial charge on any atom is -0.478 e. The zero-order valence-electron chi connectivity index (χ0n) is 17.9. The number of rotatable bonds is 8. The van der Waals surface area contributed by atoms with E-state index in [0.717, 1.165) is 12.1 Å². The summed E-state index contributed by atoms with van der Waals surface area (Å²) >= 11 is 5.89. The molecule has 0 bridgehead atoms. The number of benzene rings is 2. The van der Waals surface area contributed by atoms with Crippen molar-refractivity contribution >= 4 is 40.8 Å². The normalized spacial score (nSPS) is 14.1. The minimum atomic E-state index is -1.07. The van der Waals surface area contributed by atoms with Crippen molar-refractivity contribution in [1.29, 1.82) is 0 Å². The number of amides is 2. The lowest BCUT2D eigenvalue weighted by Gasteiger charge is -2.36. The highest BCUT2D eigenvalue weighted by molar-refractivity contribution is 6.30. The molecule has 9 heteroatoms. The van der Waals surface area contributed by atoms with E-state index in [4.69, 9.17) is 11.6 Å². The zero-order chi connectivity index (χ0) is 23.1. The first kappa shape index (κ1) is 23.6. The van der Waals surface area contributed by atoms with Gasteiger partial charge in [0.25, 0.3) is 5.91 Å². The van der Waals surface area contributed by atoms with Crippen LogP contribution in [0.4, 0.5) is 11.4 Å². The molecule has 0 aromatic heterocycles. The predicted octanol–water partition coefficient (Wildman–Crippen LogP) is 2.94. The number of nitrogens with one attached hydrogen (secondary N) is 2. The third kappa shape index (κ3) is 6.21. The van der Waals surface area contributed by atoms with Crippen LogP contribution in [0, 0.1) is 0 Å². The van der Waals surface area contributed by atoms with Gasteiger partial charge in [0.05, 0.1) is 23.5 Å². The molecule has 3 N–H and O–H groups in total. The molecule has 1 aliphatic rings. The molecule has 170 valence electrons. The second kappa shape index (κ2) is 11.0. The molecule has 1 saturated heterocycles. The van der Waals surface area contributed by atoms with Gasteiger partial charge in [-0.15, -0.1) is 0 Å². The Balaban J connectivity index is 1.72. The first-order valence-electron chi connectivity index (χ1n) is 10.6. The van der Waals surface area contributed by atoms with Crippen molar-refractivity contribution in [3.8, 4) is 0 Å². The second-order valence-corrected chi connectivity index (χ2v) is 8.05. The number of aromatic carboxylic acids is 1. The third-order valence-corrected chi connectivity index (χ3v) is 5.50. The molecular formula is C23H27ClN4O4. The molecular weight excluding hydrogens is 432 g/mol. The lowest BCUT2D eigenvalue weighted by atomic mass is 10.1. The summed E-state index contributed by atoms with van der Waals surface area (Å²) in [6.45, 7) is 5.71. The summed E-state index contributed by atoms with van der Waals surface area (Å²) in [4.78, 5) is 40.3. The largest absolute Gasteiger partial charge is 0.478 e. The molecule has 0 aliphatic carbocycles. The molecule has 32 heavy (non-hydrogen) atoms. The van der Waals surface area contributed by atoms with Gasteiger partial charge in [0.2, 0.25) is 5.91 Å². The molecule has 2 aromatic rings. The second-order valence-electron chi connectivity index (χ2n) is 7.61. The number of nitrogens with zero attached hydrogens (tertiary/aromatic N) is 2. The Morgan fingerprint density at radius 2 is 1.66 bits per heavy atom. The fourth-order valence-electron chi connectivity index (χ4n) is 3.51. The molecule has 1 heterocycles. The van der Waals surface area contributed by atoms with Crippen LogP contribution in [0.2, 0.25) is 5.02 Å². The lowest BCUT2D eigenvalue weighted by Crippen LogP contribution is -2.49. The average Bonchev–Trinajstić information content (AvgIpc) is 2.78. The Bertz CT molecular complexity index is 972. The summed E-state index contributed by atoms with van der Waals surface area (Å²) < 4.78 is 0. The van der Waals surface area contributed by atoms with Crippen molar-refractivity contribution in [1.82, 2.24) is 10.2 Å². The predicted molar refractivity (Wildman–Crippen MR) is 125 cm³/mol. The highest BCUT2D eigenvalue weighted by atomic mass is 35.5. The van der Waals surface area contributed by atoms with Crippen LogP contribution in [0.15, 0.2) is 42.5 Å². The molecule has 1 aliphatic heterocycles. The van der Waals surface area contributed by atoms with E-state index >= 15 is 0 Å². The lowest BCUT2D eigenvalue weighted by molar-refractivity contribution is -0.122. The van der Waals surface area contributed by atoms with Crippen molar-refractivity contribution in [2.45, 2.75) is 13.3 Å². The Hall–Kier alpha value is -3.10. The molecule has 0 spiro atoms. The van der Waals surface area contributed by atoms with Gasteiger partial charge in [0, 0.05) is 43.3 Å². The number of carboxylic acids is 1. The van der Waals surface area contributed by atoms with Crippen LogP contribution in [0.1, 0.15) is 34.1 Å². The van der Waals surface area contributed by atoms with Crippen LogP contribution in [-0.2, 0) is 4.79 Å². The zero-order valence-corrected chi connectivity index (χ0v) is 18.7. The topological polar surface area (TPSA) is 102 Å². The van der Waals surface area contributed by atoms with Gasteiger partial charge in [-0.3, -0.25) is 14.5 Å². The van der Waals surface area contributed by atoms with E-state index in [1.807, 2.05) is 6.92 Å². The standard InChI is InChI=1S/C23H27ClN4O4/c1-2-9-25-21(29)15-27-10-12-28(13-11-27)20-8-5-17(23(31)32)14-19(20)26-22(30)16-3-6-18(24)7-4-16/h3-8,14H,2,9-13,15H2,1H3,(H,25,29)(H,26,30)(H,31,32). The summed E-state index contributed by atoms with van der Waals surface area (Å²) in [5.74, 6) is -1.40. The maximum Gasteiger partial charge on any atom is 0.335 e. The van der Waals surface area contributed by atoms with Gasteiger partial charge in [-0.05, 0) is 48.9 Å². The van der Waals surface area contributed by atoms with Crippen molar-refractivity contribution in [3.63, 3.8) is 0 Å². The van der Waals surface area contributed by atoms with Gasteiger partial charge in [0.1, 0.15) is 0 Å². The quantitative estimate of drug-likeness (QED) is 0.562.